The molecular weight excluding hydrogens is 248 g/mol. The van der Waals surface area contributed by atoms with Crippen LogP contribution in [0.5, 0.6) is 5.75 Å². The molecule has 0 aliphatic rings. The second-order valence-electron chi connectivity index (χ2n) is 5.76. The normalized spacial score (nSPS) is 14.0. The van der Waals surface area contributed by atoms with E-state index in [1.165, 1.54) is 24.8 Å². The Morgan fingerprint density at radius 2 is 2.00 bits per heavy atom. The van der Waals surface area contributed by atoms with Crippen molar-refractivity contribution in [3.63, 3.8) is 0 Å². The first-order chi connectivity index (χ1) is 9.65. The third-order valence-electron chi connectivity index (χ3n) is 3.86. The molecule has 1 aromatic carbocycles. The number of hydrogen-bond acceptors (Lipinski definition) is 2. The molecule has 0 saturated heterocycles. The number of hydrogen-bond donors (Lipinski definition) is 1. The average molecular weight is 278 g/mol. The van der Waals surface area contributed by atoms with Crippen LogP contribution in [0.25, 0.3) is 0 Å². The molecule has 2 nitrogen and oxygen atoms in total. The summed E-state index contributed by atoms with van der Waals surface area (Å²) in [6.45, 7) is 7.09. The number of ether oxygens (including phenoxy) is 1. The van der Waals surface area contributed by atoms with E-state index in [4.69, 9.17) is 4.74 Å². The number of rotatable bonds is 10. The topological polar surface area (TPSA) is 29.5 Å². The summed E-state index contributed by atoms with van der Waals surface area (Å²) in [5.41, 5.74) is 1.20. The maximum Gasteiger partial charge on any atom is 0.119 e. The fourth-order valence-electron chi connectivity index (χ4n) is 2.50. The van der Waals surface area contributed by atoms with Gasteiger partial charge in [0.25, 0.3) is 0 Å². The van der Waals surface area contributed by atoms with Gasteiger partial charge in [-0.1, -0.05) is 51.7 Å². The van der Waals surface area contributed by atoms with Gasteiger partial charge in [-0.3, -0.25) is 0 Å². The van der Waals surface area contributed by atoms with Gasteiger partial charge < -0.3 is 9.84 Å². The van der Waals surface area contributed by atoms with Crippen molar-refractivity contribution in [3.05, 3.63) is 29.8 Å². The summed E-state index contributed by atoms with van der Waals surface area (Å²) in [5, 5.41) is 10.1. The molecule has 0 heterocycles. The van der Waals surface area contributed by atoms with Gasteiger partial charge in [-0.15, -0.1) is 0 Å². The molecule has 0 bridgehead atoms. The van der Waals surface area contributed by atoms with Crippen LogP contribution < -0.4 is 4.74 Å². The minimum atomic E-state index is -0.235. The lowest BCUT2D eigenvalue weighted by atomic mass is 9.92. The molecule has 1 aromatic rings. The Labute approximate surface area is 124 Å². The molecule has 0 spiro atoms. The lowest BCUT2D eigenvalue weighted by Gasteiger charge is -2.19. The van der Waals surface area contributed by atoms with E-state index >= 15 is 0 Å². The molecule has 0 radical (unpaired) electrons. The first kappa shape index (κ1) is 17.0. The number of aliphatic hydroxyl groups is 1. The predicted octanol–water partition coefficient (Wildman–Crippen LogP) is 4.73. The van der Waals surface area contributed by atoms with Crippen molar-refractivity contribution in [2.45, 2.75) is 65.4 Å². The standard InChI is InChI=1S/C18H30O2/c1-4-6-9-16(5-2)14-17(19)11-12-20-18-10-7-8-15(3)13-18/h7-8,10,13,16-17,19H,4-6,9,11-12,14H2,1-3H3. The highest BCUT2D eigenvalue weighted by molar-refractivity contribution is 5.27. The van der Waals surface area contributed by atoms with Gasteiger partial charge in [-0.2, -0.15) is 0 Å². The lowest BCUT2D eigenvalue weighted by molar-refractivity contribution is 0.110. The number of unbranched alkanes of at least 4 members (excludes halogenated alkanes) is 1. The molecule has 0 saturated carbocycles. The molecule has 0 fully saturated rings. The van der Waals surface area contributed by atoms with Gasteiger partial charge in [0, 0.05) is 6.42 Å². The molecule has 0 aliphatic heterocycles. The van der Waals surface area contributed by atoms with Crippen LogP contribution in [-0.2, 0) is 0 Å². The van der Waals surface area contributed by atoms with Gasteiger partial charge >= 0.3 is 0 Å². The fourth-order valence-corrected chi connectivity index (χ4v) is 2.50. The molecule has 2 heteroatoms. The van der Waals surface area contributed by atoms with Crippen LogP contribution in [-0.4, -0.2) is 17.8 Å². The Hall–Kier alpha value is -1.02. The van der Waals surface area contributed by atoms with E-state index < -0.39 is 0 Å². The monoisotopic (exact) mass is 278 g/mol. The van der Waals surface area contributed by atoms with Crippen molar-refractivity contribution in [1.29, 1.82) is 0 Å². The smallest absolute Gasteiger partial charge is 0.119 e. The second-order valence-corrected chi connectivity index (χ2v) is 5.76. The molecule has 0 aromatic heterocycles. The minimum Gasteiger partial charge on any atom is -0.493 e. The van der Waals surface area contributed by atoms with Gasteiger partial charge in [0.1, 0.15) is 5.75 Å². The van der Waals surface area contributed by atoms with Gasteiger partial charge in [-0.05, 0) is 37.0 Å². The summed E-state index contributed by atoms with van der Waals surface area (Å²) in [6, 6.07) is 8.05. The molecule has 0 aliphatic carbocycles. The van der Waals surface area contributed by atoms with Crippen molar-refractivity contribution >= 4 is 0 Å². The van der Waals surface area contributed by atoms with E-state index in [0.717, 1.165) is 25.0 Å². The van der Waals surface area contributed by atoms with Gasteiger partial charge in [0.05, 0.1) is 12.7 Å². The first-order valence-corrected chi connectivity index (χ1v) is 8.03. The highest BCUT2D eigenvalue weighted by atomic mass is 16.5. The Morgan fingerprint density at radius 3 is 2.65 bits per heavy atom. The molecular formula is C18H30O2. The Morgan fingerprint density at radius 1 is 1.20 bits per heavy atom. The Balaban J connectivity index is 2.23. The zero-order valence-corrected chi connectivity index (χ0v) is 13.3. The molecule has 2 atom stereocenters. The van der Waals surface area contributed by atoms with Crippen molar-refractivity contribution < 1.29 is 9.84 Å². The quantitative estimate of drug-likeness (QED) is 0.670. The van der Waals surface area contributed by atoms with E-state index in [-0.39, 0.29) is 6.10 Å². The maximum absolute atomic E-state index is 10.1. The summed E-state index contributed by atoms with van der Waals surface area (Å²) in [6.07, 6.45) is 6.30. The number of aryl methyl sites for hydroxylation is 1. The van der Waals surface area contributed by atoms with Crippen molar-refractivity contribution in [2.75, 3.05) is 6.61 Å². The zero-order valence-electron chi connectivity index (χ0n) is 13.3. The summed E-state index contributed by atoms with van der Waals surface area (Å²) < 4.78 is 5.69. The second kappa shape index (κ2) is 9.82. The summed E-state index contributed by atoms with van der Waals surface area (Å²) in [7, 11) is 0. The molecule has 0 amide bonds. The largest absolute Gasteiger partial charge is 0.493 e. The summed E-state index contributed by atoms with van der Waals surface area (Å²) in [4.78, 5) is 0. The van der Waals surface area contributed by atoms with E-state index in [0.29, 0.717) is 12.5 Å². The molecule has 1 N–H and O–H groups in total. The highest BCUT2D eigenvalue weighted by Crippen LogP contribution is 2.20. The van der Waals surface area contributed by atoms with Crippen molar-refractivity contribution in [2.24, 2.45) is 5.92 Å². The maximum atomic E-state index is 10.1. The summed E-state index contributed by atoms with van der Waals surface area (Å²) >= 11 is 0. The average Bonchev–Trinajstić information content (AvgIpc) is 2.43. The van der Waals surface area contributed by atoms with Crippen LogP contribution in [0.4, 0.5) is 0 Å². The van der Waals surface area contributed by atoms with Crippen LogP contribution in [0.15, 0.2) is 24.3 Å². The zero-order chi connectivity index (χ0) is 14.8. The third-order valence-corrected chi connectivity index (χ3v) is 3.86. The minimum absolute atomic E-state index is 0.235. The Kier molecular flexibility index (Phi) is 8.36. The molecule has 1 rings (SSSR count). The van der Waals surface area contributed by atoms with Crippen LogP contribution in [0, 0.1) is 12.8 Å². The van der Waals surface area contributed by atoms with Crippen LogP contribution in [0.3, 0.4) is 0 Å². The van der Waals surface area contributed by atoms with Gasteiger partial charge in [0.15, 0.2) is 0 Å². The third kappa shape index (κ3) is 6.95. The predicted molar refractivity (Wildman–Crippen MR) is 85.2 cm³/mol. The highest BCUT2D eigenvalue weighted by Gasteiger charge is 2.12. The van der Waals surface area contributed by atoms with Gasteiger partial charge in [0.2, 0.25) is 0 Å². The van der Waals surface area contributed by atoms with E-state index in [9.17, 15) is 5.11 Å². The Bertz CT molecular complexity index is 362. The SMILES string of the molecule is CCCCC(CC)CC(O)CCOc1cccc(C)c1. The lowest BCUT2D eigenvalue weighted by Crippen LogP contribution is -2.16. The summed E-state index contributed by atoms with van der Waals surface area (Å²) in [5.74, 6) is 1.55. The van der Waals surface area contributed by atoms with E-state index in [1.807, 2.05) is 18.2 Å². The van der Waals surface area contributed by atoms with Gasteiger partial charge in [-0.25, -0.2) is 0 Å². The van der Waals surface area contributed by atoms with Crippen LogP contribution in [0.1, 0.15) is 57.9 Å². The molecule has 2 unspecified atom stereocenters. The number of benzene rings is 1. The van der Waals surface area contributed by atoms with E-state index in [2.05, 4.69) is 26.8 Å². The first-order valence-electron chi connectivity index (χ1n) is 8.03. The van der Waals surface area contributed by atoms with Crippen LogP contribution >= 0.6 is 0 Å². The molecule has 114 valence electrons. The molecule has 20 heavy (non-hydrogen) atoms. The van der Waals surface area contributed by atoms with Crippen LogP contribution in [0.2, 0.25) is 0 Å². The fraction of sp³-hybridized carbons (Fsp3) is 0.667. The van der Waals surface area contributed by atoms with Crippen molar-refractivity contribution in [1.82, 2.24) is 0 Å². The van der Waals surface area contributed by atoms with Crippen molar-refractivity contribution in [3.8, 4) is 5.75 Å². The number of aliphatic hydroxyl groups excluding tert-OH is 1. The van der Waals surface area contributed by atoms with E-state index in [1.54, 1.807) is 0 Å².